The van der Waals surface area contributed by atoms with E-state index in [-0.39, 0.29) is 0 Å². The lowest BCUT2D eigenvalue weighted by molar-refractivity contribution is 0.580. The van der Waals surface area contributed by atoms with E-state index in [0.717, 1.165) is 17.1 Å². The van der Waals surface area contributed by atoms with Crippen molar-refractivity contribution in [3.63, 3.8) is 0 Å². The summed E-state index contributed by atoms with van der Waals surface area (Å²) in [5, 5.41) is 0.635. The van der Waals surface area contributed by atoms with Crippen molar-refractivity contribution >= 4 is 17.2 Å². The molecule has 3 aromatic heterocycles. The molecule has 0 aliphatic heterocycles. The zero-order chi connectivity index (χ0) is 10.3. The Labute approximate surface area is 90.9 Å². The molecule has 74 valence electrons. The third kappa shape index (κ3) is 1.32. The first-order valence-electron chi connectivity index (χ1n) is 4.52. The minimum absolute atomic E-state index is 0.635. The lowest BCUT2D eigenvalue weighted by Crippen LogP contribution is -1.80. The fraction of sp³-hybridized carbons (Fsp3) is 0. The normalized spacial score (nSPS) is 11.0. The summed E-state index contributed by atoms with van der Waals surface area (Å²) in [4.78, 5) is 4.39. The van der Waals surface area contributed by atoms with Crippen LogP contribution in [0.3, 0.4) is 0 Å². The molecule has 15 heavy (non-hydrogen) atoms. The van der Waals surface area contributed by atoms with E-state index < -0.39 is 0 Å². The number of aromatic nitrogens is 2. The predicted molar refractivity (Wildman–Crippen MR) is 57.9 cm³/mol. The molecule has 0 fully saturated rings. The molecule has 0 N–H and O–H groups in total. The number of halogens is 1. The van der Waals surface area contributed by atoms with Gasteiger partial charge in [-0.25, -0.2) is 4.98 Å². The molecule has 4 heteroatoms. The molecular formula is C11H7ClN2O. The fourth-order valence-corrected chi connectivity index (χ4v) is 1.73. The highest BCUT2D eigenvalue weighted by molar-refractivity contribution is 6.33. The number of rotatable bonds is 1. The van der Waals surface area contributed by atoms with Crippen LogP contribution in [-0.2, 0) is 0 Å². The van der Waals surface area contributed by atoms with Gasteiger partial charge in [-0.15, -0.1) is 0 Å². The van der Waals surface area contributed by atoms with Gasteiger partial charge in [0.2, 0.25) is 0 Å². The molecule has 0 atom stereocenters. The average molecular weight is 219 g/mol. The molecular weight excluding hydrogens is 212 g/mol. The maximum absolute atomic E-state index is 6.02. The van der Waals surface area contributed by atoms with Gasteiger partial charge < -0.3 is 8.82 Å². The third-order valence-electron chi connectivity index (χ3n) is 2.21. The van der Waals surface area contributed by atoms with Gasteiger partial charge in [0, 0.05) is 12.4 Å². The first-order chi connectivity index (χ1) is 7.34. The van der Waals surface area contributed by atoms with Gasteiger partial charge in [0.05, 0.1) is 11.3 Å². The van der Waals surface area contributed by atoms with Gasteiger partial charge in [-0.05, 0) is 24.3 Å². The van der Waals surface area contributed by atoms with Crippen LogP contribution < -0.4 is 0 Å². The van der Waals surface area contributed by atoms with Gasteiger partial charge in [-0.1, -0.05) is 11.6 Å². The van der Waals surface area contributed by atoms with Crippen molar-refractivity contribution in [2.75, 3.05) is 0 Å². The van der Waals surface area contributed by atoms with Crippen LogP contribution in [0.5, 0.6) is 0 Å². The maximum atomic E-state index is 6.02. The lowest BCUT2D eigenvalue weighted by atomic mass is 10.4. The number of furan rings is 1. The second-order valence-corrected chi connectivity index (χ2v) is 3.60. The number of hydrogen-bond acceptors (Lipinski definition) is 2. The molecule has 0 saturated carbocycles. The van der Waals surface area contributed by atoms with Crippen LogP contribution >= 0.6 is 11.6 Å². The van der Waals surface area contributed by atoms with Gasteiger partial charge in [-0.3, -0.25) is 0 Å². The highest BCUT2D eigenvalue weighted by Gasteiger charge is 2.07. The molecule has 0 aliphatic carbocycles. The van der Waals surface area contributed by atoms with Crippen molar-refractivity contribution in [2.24, 2.45) is 0 Å². The van der Waals surface area contributed by atoms with E-state index >= 15 is 0 Å². The Morgan fingerprint density at radius 1 is 1.27 bits per heavy atom. The first kappa shape index (κ1) is 8.56. The summed E-state index contributed by atoms with van der Waals surface area (Å²) in [6.45, 7) is 0. The largest absolute Gasteiger partial charge is 0.463 e. The van der Waals surface area contributed by atoms with E-state index in [0.29, 0.717) is 5.02 Å². The Kier molecular flexibility index (Phi) is 1.79. The summed E-state index contributed by atoms with van der Waals surface area (Å²) in [5.74, 6) is 0.745. The Balaban J connectivity index is 2.27. The van der Waals surface area contributed by atoms with Crippen LogP contribution in [0.4, 0.5) is 0 Å². The average Bonchev–Trinajstić information content (AvgIpc) is 2.86. The summed E-state index contributed by atoms with van der Waals surface area (Å²) < 4.78 is 7.15. The molecule has 0 radical (unpaired) electrons. The number of nitrogens with zero attached hydrogens (tertiary/aromatic N) is 2. The minimum atomic E-state index is 0.635. The molecule has 0 aliphatic rings. The molecule has 3 rings (SSSR count). The van der Waals surface area contributed by atoms with Crippen LogP contribution in [0, 0.1) is 0 Å². The van der Waals surface area contributed by atoms with Crippen LogP contribution in [-0.4, -0.2) is 9.38 Å². The summed E-state index contributed by atoms with van der Waals surface area (Å²) in [6, 6.07) is 7.40. The van der Waals surface area contributed by atoms with Crippen molar-refractivity contribution in [1.29, 1.82) is 0 Å². The van der Waals surface area contributed by atoms with Crippen molar-refractivity contribution in [3.8, 4) is 11.5 Å². The van der Waals surface area contributed by atoms with E-state index in [1.165, 1.54) is 0 Å². The lowest BCUT2D eigenvalue weighted by Gasteiger charge is -1.91. The van der Waals surface area contributed by atoms with Crippen LogP contribution in [0.1, 0.15) is 0 Å². The molecule has 0 amide bonds. The van der Waals surface area contributed by atoms with Crippen LogP contribution in [0.25, 0.3) is 17.1 Å². The van der Waals surface area contributed by atoms with Crippen molar-refractivity contribution in [2.45, 2.75) is 0 Å². The van der Waals surface area contributed by atoms with Crippen molar-refractivity contribution in [1.82, 2.24) is 9.38 Å². The molecule has 0 bridgehead atoms. The minimum Gasteiger partial charge on any atom is -0.463 e. The number of imidazole rings is 1. The summed E-state index contributed by atoms with van der Waals surface area (Å²) in [6.07, 6.45) is 5.42. The van der Waals surface area contributed by atoms with Crippen LogP contribution in [0.2, 0.25) is 5.02 Å². The van der Waals surface area contributed by atoms with E-state index in [9.17, 15) is 0 Å². The van der Waals surface area contributed by atoms with Crippen molar-refractivity contribution < 1.29 is 4.42 Å². The SMILES string of the molecule is Clc1cccn2cc(-c3ccco3)nc12. The zero-order valence-corrected chi connectivity index (χ0v) is 8.48. The van der Waals surface area contributed by atoms with E-state index in [1.807, 2.05) is 41.1 Å². The number of pyridine rings is 1. The topological polar surface area (TPSA) is 30.4 Å². The zero-order valence-electron chi connectivity index (χ0n) is 7.72. The highest BCUT2D eigenvalue weighted by Crippen LogP contribution is 2.22. The smallest absolute Gasteiger partial charge is 0.156 e. The molecule has 0 aromatic carbocycles. The van der Waals surface area contributed by atoms with Crippen molar-refractivity contribution in [3.05, 3.63) is 47.9 Å². The Hall–Kier alpha value is -1.74. The number of fused-ring (bicyclic) bond motifs is 1. The van der Waals surface area contributed by atoms with E-state index in [4.69, 9.17) is 16.0 Å². The Morgan fingerprint density at radius 2 is 2.20 bits per heavy atom. The molecule has 3 aromatic rings. The Bertz CT molecular complexity index is 598. The van der Waals surface area contributed by atoms with Crippen LogP contribution in [0.15, 0.2) is 47.3 Å². The molecule has 0 unspecified atom stereocenters. The second kappa shape index (κ2) is 3.14. The molecule has 0 spiro atoms. The van der Waals surface area contributed by atoms with Gasteiger partial charge in [0.25, 0.3) is 0 Å². The van der Waals surface area contributed by atoms with Gasteiger partial charge in [-0.2, -0.15) is 0 Å². The maximum Gasteiger partial charge on any atom is 0.156 e. The van der Waals surface area contributed by atoms with Gasteiger partial charge in [0.15, 0.2) is 11.4 Å². The molecule has 3 heterocycles. The van der Waals surface area contributed by atoms with E-state index in [2.05, 4.69) is 4.98 Å². The monoisotopic (exact) mass is 218 g/mol. The standard InChI is InChI=1S/C11H7ClN2O/c12-8-3-1-5-14-7-9(13-11(8)14)10-4-2-6-15-10/h1-7H. The first-order valence-corrected chi connectivity index (χ1v) is 4.89. The summed E-state index contributed by atoms with van der Waals surface area (Å²) in [7, 11) is 0. The molecule has 0 saturated heterocycles. The molecule has 3 nitrogen and oxygen atoms in total. The highest BCUT2D eigenvalue weighted by atomic mass is 35.5. The summed E-state index contributed by atoms with van der Waals surface area (Å²) >= 11 is 6.02. The fourth-order valence-electron chi connectivity index (χ4n) is 1.52. The van der Waals surface area contributed by atoms with E-state index in [1.54, 1.807) is 6.26 Å². The van der Waals surface area contributed by atoms with Gasteiger partial charge >= 0.3 is 0 Å². The Morgan fingerprint density at radius 3 is 2.93 bits per heavy atom. The van der Waals surface area contributed by atoms with Gasteiger partial charge in [0.1, 0.15) is 5.69 Å². The summed E-state index contributed by atoms with van der Waals surface area (Å²) in [5.41, 5.74) is 1.53. The quantitative estimate of drug-likeness (QED) is 0.628. The predicted octanol–water partition coefficient (Wildman–Crippen LogP) is 3.25. The number of hydrogen-bond donors (Lipinski definition) is 0. The second-order valence-electron chi connectivity index (χ2n) is 3.19. The third-order valence-corrected chi connectivity index (χ3v) is 2.50.